The lowest BCUT2D eigenvalue weighted by Gasteiger charge is -2.04. The molecule has 3 rings (SSSR count). The number of aromatic nitrogens is 1. The lowest BCUT2D eigenvalue weighted by molar-refractivity contribution is -0.119. The first-order valence-electron chi connectivity index (χ1n) is 8.17. The van der Waals surface area contributed by atoms with Gasteiger partial charge in [-0.1, -0.05) is 35.9 Å². The normalized spacial score (nSPS) is 11.0. The number of benzene rings is 2. The highest BCUT2D eigenvalue weighted by Gasteiger charge is 2.05. The Balaban J connectivity index is 1.61. The first-order chi connectivity index (χ1) is 12.7. The summed E-state index contributed by atoms with van der Waals surface area (Å²) in [6.07, 6.45) is 5.49. The van der Waals surface area contributed by atoms with Crippen molar-refractivity contribution in [1.29, 1.82) is 0 Å². The maximum absolute atomic E-state index is 11.9. The van der Waals surface area contributed by atoms with Crippen LogP contribution in [-0.2, 0) is 11.3 Å². The van der Waals surface area contributed by atoms with E-state index in [4.69, 9.17) is 11.6 Å². The molecule has 2 aromatic carbocycles. The van der Waals surface area contributed by atoms with Gasteiger partial charge in [0.25, 0.3) is 5.91 Å². The third-order valence-electron chi connectivity index (χ3n) is 3.84. The van der Waals surface area contributed by atoms with Crippen molar-refractivity contribution in [2.75, 3.05) is 11.9 Å². The van der Waals surface area contributed by atoms with E-state index in [1.165, 1.54) is 0 Å². The number of halogens is 1. The molecule has 2 N–H and O–H groups in total. The van der Waals surface area contributed by atoms with Crippen LogP contribution in [0.3, 0.4) is 0 Å². The number of para-hydroxylation sites is 1. The first kappa shape index (κ1) is 17.8. The van der Waals surface area contributed by atoms with E-state index in [1.807, 2.05) is 48.7 Å². The zero-order valence-corrected chi connectivity index (χ0v) is 14.9. The molecule has 0 unspecified atom stereocenters. The van der Waals surface area contributed by atoms with Crippen molar-refractivity contribution in [3.63, 3.8) is 0 Å². The molecule has 0 radical (unpaired) electrons. The molecule has 0 bridgehead atoms. The van der Waals surface area contributed by atoms with Crippen LogP contribution >= 0.6 is 11.6 Å². The van der Waals surface area contributed by atoms with E-state index >= 15 is 0 Å². The molecule has 0 fully saturated rings. The zero-order valence-electron chi connectivity index (χ0n) is 14.2. The fourth-order valence-corrected chi connectivity index (χ4v) is 2.76. The number of amides is 1. The molecule has 0 atom stereocenters. The molecule has 3 aromatic rings. The molecule has 1 amide bonds. The van der Waals surface area contributed by atoms with Crippen LogP contribution in [0, 0.1) is 0 Å². The summed E-state index contributed by atoms with van der Waals surface area (Å²) in [5.41, 5.74) is 5.39. The number of nitrogens with one attached hydrogen (secondary N) is 2. The highest BCUT2D eigenvalue weighted by Crippen LogP contribution is 2.20. The van der Waals surface area contributed by atoms with Gasteiger partial charge in [-0.15, -0.1) is 6.58 Å². The smallest absolute Gasteiger partial charge is 0.259 e. The predicted octanol–water partition coefficient (Wildman–Crippen LogP) is 4.04. The quantitative estimate of drug-likeness (QED) is 0.376. The summed E-state index contributed by atoms with van der Waals surface area (Å²) in [6.45, 7) is 4.62. The molecule has 1 heterocycles. The Kier molecular flexibility index (Phi) is 5.71. The van der Waals surface area contributed by atoms with E-state index in [0.29, 0.717) is 11.6 Å². The third kappa shape index (κ3) is 4.32. The number of hydrazone groups is 1. The van der Waals surface area contributed by atoms with Crippen LogP contribution < -0.4 is 10.7 Å². The SMILES string of the molecule is C=CCn1cc(/C=N\NC(=O)CNc2ccc(Cl)cc2)c2ccccc21. The van der Waals surface area contributed by atoms with Gasteiger partial charge < -0.3 is 9.88 Å². The molecule has 5 nitrogen and oxygen atoms in total. The Morgan fingerprint density at radius 2 is 1.96 bits per heavy atom. The van der Waals surface area contributed by atoms with Gasteiger partial charge in [0.05, 0.1) is 12.8 Å². The molecule has 26 heavy (non-hydrogen) atoms. The van der Waals surface area contributed by atoms with Crippen LogP contribution in [-0.4, -0.2) is 23.2 Å². The summed E-state index contributed by atoms with van der Waals surface area (Å²) in [6, 6.07) is 15.2. The maximum Gasteiger partial charge on any atom is 0.259 e. The minimum Gasteiger partial charge on any atom is -0.376 e. The zero-order chi connectivity index (χ0) is 18.4. The average molecular weight is 367 g/mol. The fraction of sp³-hybridized carbons (Fsp3) is 0.100. The van der Waals surface area contributed by atoms with Gasteiger partial charge in [-0.3, -0.25) is 4.79 Å². The maximum atomic E-state index is 11.9. The Morgan fingerprint density at radius 3 is 2.73 bits per heavy atom. The summed E-state index contributed by atoms with van der Waals surface area (Å²) >= 11 is 5.83. The predicted molar refractivity (Wildman–Crippen MR) is 108 cm³/mol. The molecule has 6 heteroatoms. The van der Waals surface area contributed by atoms with Crippen molar-refractivity contribution in [1.82, 2.24) is 9.99 Å². The van der Waals surface area contributed by atoms with Gasteiger partial charge in [-0.25, -0.2) is 5.43 Å². The molecule has 132 valence electrons. The van der Waals surface area contributed by atoms with E-state index in [9.17, 15) is 4.79 Å². The molecule has 0 aliphatic rings. The van der Waals surface area contributed by atoms with Crippen LogP contribution in [0.4, 0.5) is 5.69 Å². The Bertz CT molecular complexity index is 944. The number of allylic oxidation sites excluding steroid dienone is 1. The number of hydrogen-bond acceptors (Lipinski definition) is 3. The number of hydrogen-bond donors (Lipinski definition) is 2. The Labute approximate surface area is 157 Å². The largest absolute Gasteiger partial charge is 0.376 e. The lowest BCUT2D eigenvalue weighted by atomic mass is 10.2. The number of carbonyl (C=O) groups excluding carboxylic acids is 1. The summed E-state index contributed by atoms with van der Waals surface area (Å²) < 4.78 is 2.09. The van der Waals surface area contributed by atoms with E-state index < -0.39 is 0 Å². The molecular formula is C20H19ClN4O. The summed E-state index contributed by atoms with van der Waals surface area (Å²) in [5.74, 6) is -0.231. The molecule has 0 saturated heterocycles. The third-order valence-corrected chi connectivity index (χ3v) is 4.09. The van der Waals surface area contributed by atoms with Crippen molar-refractivity contribution in [2.24, 2.45) is 5.10 Å². The van der Waals surface area contributed by atoms with E-state index in [2.05, 4.69) is 27.0 Å². The minimum absolute atomic E-state index is 0.122. The van der Waals surface area contributed by atoms with E-state index in [1.54, 1.807) is 18.3 Å². The minimum atomic E-state index is -0.231. The van der Waals surface area contributed by atoms with Crippen molar-refractivity contribution in [3.8, 4) is 0 Å². The monoisotopic (exact) mass is 366 g/mol. The topological polar surface area (TPSA) is 58.4 Å². The van der Waals surface area contributed by atoms with Gasteiger partial charge in [-0.05, 0) is 30.3 Å². The van der Waals surface area contributed by atoms with Crippen LogP contribution in [0.15, 0.2) is 72.5 Å². The summed E-state index contributed by atoms with van der Waals surface area (Å²) in [5, 5.41) is 8.81. The first-order valence-corrected chi connectivity index (χ1v) is 8.55. The second-order valence-electron chi connectivity index (χ2n) is 5.70. The van der Waals surface area contributed by atoms with Gasteiger partial charge >= 0.3 is 0 Å². The second kappa shape index (κ2) is 8.36. The van der Waals surface area contributed by atoms with Gasteiger partial charge in [0.1, 0.15) is 0 Å². The van der Waals surface area contributed by atoms with Crippen LogP contribution in [0.2, 0.25) is 5.02 Å². The average Bonchev–Trinajstić information content (AvgIpc) is 3.00. The number of fused-ring (bicyclic) bond motifs is 1. The van der Waals surface area contributed by atoms with Gasteiger partial charge in [0, 0.05) is 39.9 Å². The molecule has 0 aliphatic heterocycles. The molecule has 0 spiro atoms. The van der Waals surface area contributed by atoms with Crippen molar-refractivity contribution in [2.45, 2.75) is 6.54 Å². The van der Waals surface area contributed by atoms with Gasteiger partial charge in [0.15, 0.2) is 0 Å². The molecule has 1 aromatic heterocycles. The van der Waals surface area contributed by atoms with Crippen molar-refractivity contribution >= 4 is 40.3 Å². The highest BCUT2D eigenvalue weighted by atomic mass is 35.5. The molecule has 0 saturated carbocycles. The van der Waals surface area contributed by atoms with Crippen LogP contribution in [0.25, 0.3) is 10.9 Å². The summed E-state index contributed by atoms with van der Waals surface area (Å²) in [4.78, 5) is 11.9. The Hall–Kier alpha value is -3.05. The van der Waals surface area contributed by atoms with Crippen LogP contribution in [0.1, 0.15) is 5.56 Å². The number of rotatable bonds is 7. The number of anilines is 1. The second-order valence-corrected chi connectivity index (χ2v) is 6.13. The van der Waals surface area contributed by atoms with E-state index in [-0.39, 0.29) is 12.5 Å². The fourth-order valence-electron chi connectivity index (χ4n) is 2.63. The van der Waals surface area contributed by atoms with Gasteiger partial charge in [-0.2, -0.15) is 5.10 Å². The summed E-state index contributed by atoms with van der Waals surface area (Å²) in [7, 11) is 0. The highest BCUT2D eigenvalue weighted by molar-refractivity contribution is 6.30. The Morgan fingerprint density at radius 1 is 1.19 bits per heavy atom. The molecule has 0 aliphatic carbocycles. The molecular weight excluding hydrogens is 348 g/mol. The van der Waals surface area contributed by atoms with E-state index in [0.717, 1.165) is 22.2 Å². The number of nitrogens with zero attached hydrogens (tertiary/aromatic N) is 2. The standard InChI is InChI=1S/C20H19ClN4O/c1-2-11-25-14-15(18-5-3-4-6-19(18)25)12-23-24-20(26)13-22-17-9-7-16(21)8-10-17/h2-10,12,14,22H,1,11,13H2,(H,24,26)/b23-12-. The van der Waals surface area contributed by atoms with Crippen LogP contribution in [0.5, 0.6) is 0 Å². The van der Waals surface area contributed by atoms with Gasteiger partial charge in [0.2, 0.25) is 0 Å². The van der Waals surface area contributed by atoms with Crippen molar-refractivity contribution in [3.05, 3.63) is 78.0 Å². The number of carbonyl (C=O) groups is 1. The lowest BCUT2D eigenvalue weighted by Crippen LogP contribution is -2.25. The van der Waals surface area contributed by atoms with Crippen molar-refractivity contribution < 1.29 is 4.79 Å².